The van der Waals surface area contributed by atoms with Gasteiger partial charge in [-0.25, -0.2) is 18.2 Å². The number of benzene rings is 2. The van der Waals surface area contributed by atoms with Crippen LogP contribution >= 0.6 is 0 Å². The highest BCUT2D eigenvalue weighted by Gasteiger charge is 2.35. The number of nitrogens with two attached hydrogens (primary N) is 1. The largest absolute Gasteiger partial charge is 0.435 e. The zero-order chi connectivity index (χ0) is 26.8. The van der Waals surface area contributed by atoms with Gasteiger partial charge in [-0.1, -0.05) is 41.8 Å². The Morgan fingerprint density at radius 3 is 2.22 bits per heavy atom. The summed E-state index contributed by atoms with van der Waals surface area (Å²) in [4.78, 5) is 0. The van der Waals surface area contributed by atoms with Gasteiger partial charge in [0.05, 0.1) is 28.1 Å². The van der Waals surface area contributed by atoms with E-state index in [2.05, 4.69) is 5.10 Å². The molecule has 0 saturated heterocycles. The fraction of sp³-hybridized carbons (Fsp3) is 0.167. The summed E-state index contributed by atoms with van der Waals surface area (Å²) in [6, 6.07) is -5.78. The minimum atomic E-state index is -5.06. The molecule has 0 aliphatic rings. The van der Waals surface area contributed by atoms with E-state index in [0.717, 1.165) is 0 Å². The molecule has 0 aliphatic heterocycles. The topological polar surface area (TPSA) is 78.0 Å². The first-order chi connectivity index (χ1) is 15.9. The van der Waals surface area contributed by atoms with Gasteiger partial charge in [0.1, 0.15) is 0 Å². The van der Waals surface area contributed by atoms with E-state index < -0.39 is 98.5 Å². The van der Waals surface area contributed by atoms with E-state index in [1.165, 1.54) is 6.92 Å². The molecule has 0 unspecified atom stereocenters. The second-order valence-electron chi connectivity index (χ2n) is 5.46. The Bertz CT molecular complexity index is 1430. The van der Waals surface area contributed by atoms with Gasteiger partial charge in [-0.3, -0.25) is 0 Å². The number of sulfonamides is 1. The maximum Gasteiger partial charge on any atom is 0.435 e. The molecule has 0 radical (unpaired) electrons. The van der Waals surface area contributed by atoms with Gasteiger partial charge in [0.2, 0.25) is 10.0 Å². The molecule has 1 heterocycles. The molecule has 0 fully saturated rings. The van der Waals surface area contributed by atoms with Crippen molar-refractivity contribution in [3.8, 4) is 16.9 Å². The highest BCUT2D eigenvalue weighted by molar-refractivity contribution is 7.88. The summed E-state index contributed by atoms with van der Waals surface area (Å²) in [7, 11) is -4.29. The molecule has 1 aromatic heterocycles. The molecular formula is C18H16F3N3O2S. The number of rotatable bonds is 4. The Morgan fingerprint density at radius 1 is 1.11 bits per heavy atom. The molecule has 2 aromatic carbocycles. The van der Waals surface area contributed by atoms with Crippen molar-refractivity contribution in [1.82, 2.24) is 9.78 Å². The van der Waals surface area contributed by atoms with Crippen LogP contribution in [0.2, 0.25) is 0 Å². The van der Waals surface area contributed by atoms with E-state index in [0.29, 0.717) is 10.7 Å². The second kappa shape index (κ2) is 6.82. The van der Waals surface area contributed by atoms with E-state index in [4.69, 9.17) is 16.1 Å². The smallest absolute Gasteiger partial charge is 0.233 e. The molecule has 0 amide bonds. The zero-order valence-electron chi connectivity index (χ0n) is 21.6. The number of nitrogens with zero attached hydrogens (tertiary/aromatic N) is 2. The summed E-state index contributed by atoms with van der Waals surface area (Å²) in [6.07, 6.45) is -5.06. The van der Waals surface area contributed by atoms with Gasteiger partial charge < -0.3 is 0 Å². The van der Waals surface area contributed by atoms with Crippen molar-refractivity contribution in [2.45, 2.75) is 18.9 Å². The van der Waals surface area contributed by atoms with E-state index in [-0.39, 0.29) is 5.56 Å². The van der Waals surface area contributed by atoms with Gasteiger partial charge in [0, 0.05) is 5.56 Å². The van der Waals surface area contributed by atoms with Gasteiger partial charge in [-0.15, -0.1) is 0 Å². The van der Waals surface area contributed by atoms with Crippen LogP contribution in [0.1, 0.15) is 27.8 Å². The molecule has 9 heteroatoms. The van der Waals surface area contributed by atoms with Gasteiger partial charge in [-0.05, 0) is 30.6 Å². The first kappa shape index (κ1) is 11.3. The van der Waals surface area contributed by atoms with Crippen molar-refractivity contribution in [1.29, 1.82) is 0 Å². The lowest BCUT2D eigenvalue weighted by Gasteiger charge is -2.09. The summed E-state index contributed by atoms with van der Waals surface area (Å²) in [5, 5.41) is 8.30. The Morgan fingerprint density at radius 2 is 1.70 bits per heavy atom. The SMILES string of the molecule is [2H]c1c([2H])c(-c2cc(C(F)(F)F)nn2-c2c([2H])c([2H])c(CS(N)(=O)=O)c([2H])c2[2H])c([2H])c([2H])c1C. The number of aromatic nitrogens is 2. The van der Waals surface area contributed by atoms with Crippen LogP contribution in [0.4, 0.5) is 13.2 Å². The third kappa shape index (κ3) is 4.55. The highest BCUT2D eigenvalue weighted by atomic mass is 32.2. The summed E-state index contributed by atoms with van der Waals surface area (Å²) < 4.78 is 129. The Balaban J connectivity index is 2.49. The van der Waals surface area contributed by atoms with Crippen molar-refractivity contribution in [2.24, 2.45) is 5.14 Å². The third-order valence-electron chi connectivity index (χ3n) is 3.23. The fourth-order valence-corrected chi connectivity index (χ4v) is 2.63. The van der Waals surface area contributed by atoms with Crippen LogP contribution < -0.4 is 5.14 Å². The zero-order valence-corrected chi connectivity index (χ0v) is 14.4. The summed E-state index contributed by atoms with van der Waals surface area (Å²) in [5.41, 5.74) is -4.34. The molecule has 0 atom stereocenters. The maximum atomic E-state index is 13.6. The van der Waals surface area contributed by atoms with Crippen molar-refractivity contribution in [2.75, 3.05) is 0 Å². The van der Waals surface area contributed by atoms with E-state index in [9.17, 15) is 21.6 Å². The van der Waals surface area contributed by atoms with Crippen molar-refractivity contribution in [3.63, 3.8) is 0 Å². The molecule has 3 aromatic rings. The number of hydrogen-bond donors (Lipinski definition) is 1. The normalized spacial score (nSPS) is 16.5. The van der Waals surface area contributed by atoms with E-state index in [1.807, 2.05) is 0 Å². The lowest BCUT2D eigenvalue weighted by Crippen LogP contribution is -2.14. The van der Waals surface area contributed by atoms with Gasteiger partial charge >= 0.3 is 6.18 Å². The molecule has 0 aliphatic carbocycles. The lowest BCUT2D eigenvalue weighted by molar-refractivity contribution is -0.141. The van der Waals surface area contributed by atoms with Gasteiger partial charge in [0.15, 0.2) is 5.69 Å². The molecule has 27 heavy (non-hydrogen) atoms. The highest BCUT2D eigenvalue weighted by Crippen LogP contribution is 2.33. The number of alkyl halides is 3. The molecule has 0 saturated carbocycles. The van der Waals surface area contributed by atoms with Gasteiger partial charge in [-0.2, -0.15) is 18.3 Å². The van der Waals surface area contributed by atoms with Crippen LogP contribution in [0.5, 0.6) is 0 Å². The van der Waals surface area contributed by atoms with Gasteiger partial charge in [0.25, 0.3) is 0 Å². The third-order valence-corrected chi connectivity index (χ3v) is 3.92. The Hall–Kier alpha value is -2.65. The predicted molar refractivity (Wildman–Crippen MR) is 95.6 cm³/mol. The fourth-order valence-electron chi connectivity index (χ4n) is 2.08. The number of halogens is 3. The first-order valence-electron chi connectivity index (χ1n) is 11.2. The second-order valence-corrected chi connectivity index (χ2v) is 7.07. The van der Waals surface area contributed by atoms with E-state index >= 15 is 0 Å². The predicted octanol–water partition coefficient (Wildman–Crippen LogP) is 3.66. The van der Waals surface area contributed by atoms with Crippen molar-refractivity contribution < 1.29 is 32.6 Å². The average molecular weight is 403 g/mol. The minimum absolute atomic E-state index is 0.0672. The molecule has 5 nitrogen and oxygen atoms in total. The monoisotopic (exact) mass is 403 g/mol. The Kier molecular flexibility index (Phi) is 2.84. The van der Waals surface area contributed by atoms with Crippen LogP contribution in [-0.4, -0.2) is 18.2 Å². The average Bonchev–Trinajstić information content (AvgIpc) is 3.17. The van der Waals surface area contributed by atoms with Crippen LogP contribution in [0.3, 0.4) is 0 Å². The number of hydrogen-bond acceptors (Lipinski definition) is 3. The molecular weight excluding hydrogens is 379 g/mol. The maximum absolute atomic E-state index is 13.6. The Labute approximate surface area is 165 Å². The molecule has 2 N–H and O–H groups in total. The standard InChI is InChI=1S/C18H16F3N3O2S/c1-12-2-6-14(7-3-12)16-10-17(18(19,20)21)23-24(16)15-8-4-13(5-9-15)11-27(22,25)26/h2-10H,11H2,1H3,(H2,22,25,26)/i2D,3D,4D,5D,6D,7D,8D,9D. The van der Waals surface area contributed by atoms with Crippen LogP contribution in [-0.2, 0) is 22.0 Å². The minimum Gasteiger partial charge on any atom is -0.233 e. The molecule has 0 bridgehead atoms. The van der Waals surface area contributed by atoms with Crippen molar-refractivity contribution in [3.05, 3.63) is 71.2 Å². The van der Waals surface area contributed by atoms with E-state index in [1.54, 1.807) is 0 Å². The van der Waals surface area contributed by atoms with Crippen LogP contribution in [0.25, 0.3) is 16.9 Å². The summed E-state index contributed by atoms with van der Waals surface area (Å²) >= 11 is 0. The molecule has 0 spiro atoms. The van der Waals surface area contributed by atoms with Crippen LogP contribution in [0.15, 0.2) is 54.4 Å². The summed E-state index contributed by atoms with van der Waals surface area (Å²) in [6.45, 7) is 1.29. The first-order valence-corrected chi connectivity index (χ1v) is 8.94. The van der Waals surface area contributed by atoms with Crippen molar-refractivity contribution >= 4 is 10.0 Å². The quantitative estimate of drug-likeness (QED) is 0.722. The molecule has 142 valence electrons. The lowest BCUT2D eigenvalue weighted by atomic mass is 10.1. The number of primary sulfonamides is 1. The molecule has 3 rings (SSSR count). The van der Waals surface area contributed by atoms with Crippen LogP contribution in [0, 0.1) is 6.92 Å². The summed E-state index contributed by atoms with van der Waals surface area (Å²) in [5.74, 6) is -1.07.